The zero-order valence-electron chi connectivity index (χ0n) is 15.1. The molecule has 4 nitrogen and oxygen atoms in total. The van der Waals surface area contributed by atoms with Crippen molar-refractivity contribution in [3.63, 3.8) is 0 Å². The van der Waals surface area contributed by atoms with Gasteiger partial charge in [0.2, 0.25) is 0 Å². The highest BCUT2D eigenvalue weighted by atomic mass is 16.5. The molecule has 1 aliphatic carbocycles. The monoisotopic (exact) mass is 313 g/mol. The van der Waals surface area contributed by atoms with Gasteiger partial charge in [-0.25, -0.2) is 0 Å². The topological polar surface area (TPSA) is 30.9 Å². The Kier molecular flexibility index (Phi) is 6.69. The molecule has 1 saturated carbocycles. The van der Waals surface area contributed by atoms with Crippen molar-refractivity contribution >= 4 is 0 Å². The van der Waals surface area contributed by atoms with Gasteiger partial charge >= 0.3 is 0 Å². The second kappa shape index (κ2) is 8.09. The van der Waals surface area contributed by atoms with Crippen molar-refractivity contribution in [1.29, 1.82) is 0 Å². The van der Waals surface area contributed by atoms with Crippen LogP contribution in [0.15, 0.2) is 0 Å². The van der Waals surface area contributed by atoms with Gasteiger partial charge < -0.3 is 19.1 Å². The van der Waals surface area contributed by atoms with Gasteiger partial charge in [0.1, 0.15) is 0 Å². The molecule has 0 spiro atoms. The van der Waals surface area contributed by atoms with Gasteiger partial charge in [-0.2, -0.15) is 0 Å². The van der Waals surface area contributed by atoms with Crippen LogP contribution in [0.5, 0.6) is 0 Å². The average Bonchev–Trinajstić information content (AvgIpc) is 2.36. The quantitative estimate of drug-likeness (QED) is 0.722. The van der Waals surface area contributed by atoms with E-state index in [0.717, 1.165) is 51.9 Å². The molecule has 4 heteroatoms. The Bertz CT molecular complexity index is 313. The van der Waals surface area contributed by atoms with Gasteiger partial charge in [-0.3, -0.25) is 0 Å². The first-order valence-electron chi connectivity index (χ1n) is 8.99. The normalized spacial score (nSPS) is 28.1. The van der Waals surface area contributed by atoms with Crippen LogP contribution in [0.25, 0.3) is 0 Å². The standard InChI is InChI=1S/C18H35NO3/c1-14(2)20-11-10-19-8-6-15(7-9-19)21-16-12-17(13-16)22-18(3,4)5/h14-17H,6-13H2,1-5H3. The van der Waals surface area contributed by atoms with Gasteiger partial charge in [0.05, 0.1) is 36.6 Å². The number of nitrogens with zero attached hydrogens (tertiary/aromatic N) is 1. The molecule has 1 saturated heterocycles. The maximum atomic E-state index is 6.23. The van der Waals surface area contributed by atoms with Gasteiger partial charge in [-0.05, 0) is 60.3 Å². The lowest BCUT2D eigenvalue weighted by Gasteiger charge is -2.42. The average molecular weight is 313 g/mol. The van der Waals surface area contributed by atoms with E-state index in [1.807, 2.05) is 0 Å². The highest BCUT2D eigenvalue weighted by molar-refractivity contribution is 4.85. The largest absolute Gasteiger partial charge is 0.377 e. The smallest absolute Gasteiger partial charge is 0.0631 e. The summed E-state index contributed by atoms with van der Waals surface area (Å²) in [5.74, 6) is 0. The molecule has 0 amide bonds. The molecule has 2 aliphatic rings. The van der Waals surface area contributed by atoms with Gasteiger partial charge in [0, 0.05) is 19.6 Å². The molecule has 0 aromatic carbocycles. The Hall–Kier alpha value is -0.160. The zero-order chi connectivity index (χ0) is 16.2. The third-order valence-corrected chi connectivity index (χ3v) is 4.35. The number of hydrogen-bond acceptors (Lipinski definition) is 4. The molecule has 0 N–H and O–H groups in total. The first kappa shape index (κ1) is 18.2. The highest BCUT2D eigenvalue weighted by Crippen LogP contribution is 2.32. The van der Waals surface area contributed by atoms with Crippen LogP contribution in [0.2, 0.25) is 0 Å². The van der Waals surface area contributed by atoms with E-state index >= 15 is 0 Å². The SMILES string of the molecule is CC(C)OCCN1CCC(OC2CC(OC(C)(C)C)C2)CC1. The van der Waals surface area contributed by atoms with E-state index in [1.54, 1.807) is 0 Å². The Morgan fingerprint density at radius 1 is 1.00 bits per heavy atom. The van der Waals surface area contributed by atoms with E-state index in [2.05, 4.69) is 39.5 Å². The third kappa shape index (κ3) is 6.53. The molecular weight excluding hydrogens is 278 g/mol. The predicted octanol–water partition coefficient (Wildman–Crippen LogP) is 3.24. The Balaban J connectivity index is 1.53. The van der Waals surface area contributed by atoms with Crippen LogP contribution in [-0.4, -0.2) is 61.2 Å². The molecule has 0 bridgehead atoms. The molecule has 0 unspecified atom stereocenters. The van der Waals surface area contributed by atoms with Crippen LogP contribution in [0, 0.1) is 0 Å². The number of ether oxygens (including phenoxy) is 3. The fraction of sp³-hybridized carbons (Fsp3) is 1.00. The molecule has 1 aliphatic heterocycles. The number of rotatable bonds is 7. The molecule has 0 aromatic rings. The first-order valence-corrected chi connectivity index (χ1v) is 8.99. The minimum Gasteiger partial charge on any atom is -0.377 e. The maximum absolute atomic E-state index is 6.23. The van der Waals surface area contributed by atoms with Crippen molar-refractivity contribution in [2.24, 2.45) is 0 Å². The van der Waals surface area contributed by atoms with Crippen molar-refractivity contribution in [2.45, 2.75) is 90.3 Å². The zero-order valence-corrected chi connectivity index (χ0v) is 15.1. The van der Waals surface area contributed by atoms with Crippen LogP contribution in [0.1, 0.15) is 60.3 Å². The Morgan fingerprint density at radius 2 is 1.64 bits per heavy atom. The number of piperidine rings is 1. The van der Waals surface area contributed by atoms with Crippen LogP contribution in [0.3, 0.4) is 0 Å². The van der Waals surface area contributed by atoms with Gasteiger partial charge in [-0.15, -0.1) is 0 Å². The molecule has 0 radical (unpaired) electrons. The second-order valence-electron chi connectivity index (χ2n) is 8.04. The lowest BCUT2D eigenvalue weighted by molar-refractivity contribution is -0.167. The van der Waals surface area contributed by atoms with E-state index in [1.165, 1.54) is 0 Å². The molecule has 2 rings (SSSR count). The van der Waals surface area contributed by atoms with Crippen molar-refractivity contribution in [1.82, 2.24) is 4.90 Å². The molecule has 130 valence electrons. The van der Waals surface area contributed by atoms with Crippen LogP contribution in [-0.2, 0) is 14.2 Å². The summed E-state index contributed by atoms with van der Waals surface area (Å²) in [6.45, 7) is 14.7. The lowest BCUT2D eigenvalue weighted by Crippen LogP contribution is -2.45. The summed E-state index contributed by atoms with van der Waals surface area (Å²) in [4.78, 5) is 2.49. The molecule has 2 fully saturated rings. The molecule has 0 atom stereocenters. The van der Waals surface area contributed by atoms with E-state index in [0.29, 0.717) is 24.4 Å². The fourth-order valence-corrected chi connectivity index (χ4v) is 3.18. The van der Waals surface area contributed by atoms with Crippen molar-refractivity contribution < 1.29 is 14.2 Å². The first-order chi connectivity index (χ1) is 10.3. The summed E-state index contributed by atoms with van der Waals surface area (Å²) in [7, 11) is 0. The summed E-state index contributed by atoms with van der Waals surface area (Å²) in [5, 5.41) is 0. The van der Waals surface area contributed by atoms with E-state index in [-0.39, 0.29) is 5.60 Å². The van der Waals surface area contributed by atoms with Crippen LogP contribution in [0.4, 0.5) is 0 Å². The molecule has 22 heavy (non-hydrogen) atoms. The molecular formula is C18H35NO3. The molecule has 1 heterocycles. The predicted molar refractivity (Wildman–Crippen MR) is 89.3 cm³/mol. The Labute approximate surface area is 136 Å². The van der Waals surface area contributed by atoms with Gasteiger partial charge in [0.15, 0.2) is 0 Å². The van der Waals surface area contributed by atoms with Crippen molar-refractivity contribution in [2.75, 3.05) is 26.2 Å². The summed E-state index contributed by atoms with van der Waals surface area (Å²) in [6.07, 6.45) is 6.06. The van der Waals surface area contributed by atoms with Crippen LogP contribution < -0.4 is 0 Å². The Morgan fingerprint density at radius 3 is 2.18 bits per heavy atom. The molecule has 0 aromatic heterocycles. The van der Waals surface area contributed by atoms with Gasteiger partial charge in [0.25, 0.3) is 0 Å². The number of hydrogen-bond donors (Lipinski definition) is 0. The van der Waals surface area contributed by atoms with Crippen molar-refractivity contribution in [3.8, 4) is 0 Å². The lowest BCUT2D eigenvalue weighted by atomic mass is 9.90. The maximum Gasteiger partial charge on any atom is 0.0631 e. The highest BCUT2D eigenvalue weighted by Gasteiger charge is 2.35. The summed E-state index contributed by atoms with van der Waals surface area (Å²) >= 11 is 0. The summed E-state index contributed by atoms with van der Waals surface area (Å²) in [6, 6.07) is 0. The van der Waals surface area contributed by atoms with E-state index in [9.17, 15) is 0 Å². The van der Waals surface area contributed by atoms with E-state index < -0.39 is 0 Å². The second-order valence-corrected chi connectivity index (χ2v) is 8.04. The minimum atomic E-state index is -0.0287. The third-order valence-electron chi connectivity index (χ3n) is 4.35. The number of likely N-dealkylation sites (tertiary alicyclic amines) is 1. The van der Waals surface area contributed by atoms with E-state index in [4.69, 9.17) is 14.2 Å². The van der Waals surface area contributed by atoms with Gasteiger partial charge in [-0.1, -0.05) is 0 Å². The minimum absolute atomic E-state index is 0.0287. The van der Waals surface area contributed by atoms with Crippen LogP contribution >= 0.6 is 0 Å². The fourth-order valence-electron chi connectivity index (χ4n) is 3.18. The van der Waals surface area contributed by atoms with Crippen molar-refractivity contribution in [3.05, 3.63) is 0 Å². The summed E-state index contributed by atoms with van der Waals surface area (Å²) < 4.78 is 17.8. The summed E-state index contributed by atoms with van der Waals surface area (Å²) in [5.41, 5.74) is -0.0287.